The molecule has 6 N–H and O–H groups in total. The van der Waals surface area contributed by atoms with Crippen molar-refractivity contribution in [3.63, 3.8) is 0 Å². The molecule has 0 aliphatic carbocycles. The van der Waals surface area contributed by atoms with Gasteiger partial charge in [0.15, 0.2) is 0 Å². The van der Waals surface area contributed by atoms with E-state index in [-0.39, 0.29) is 6.54 Å². The molecule has 0 bridgehead atoms. The second-order valence-corrected chi connectivity index (χ2v) is 2.92. The number of hydrogen-bond acceptors (Lipinski definition) is 4. The van der Waals surface area contributed by atoms with Gasteiger partial charge in [-0.15, -0.1) is 0 Å². The zero-order valence-corrected chi connectivity index (χ0v) is 7.22. The summed E-state index contributed by atoms with van der Waals surface area (Å²) < 4.78 is 0. The summed E-state index contributed by atoms with van der Waals surface area (Å²) in [7, 11) is 0. The summed E-state index contributed by atoms with van der Waals surface area (Å²) in [6.07, 6.45) is -1.91. The number of aliphatic hydroxyl groups excluding tert-OH is 2. The normalized spacial score (nSPS) is 15.3. The van der Waals surface area contributed by atoms with Crippen molar-refractivity contribution in [2.75, 3.05) is 12.3 Å². The highest BCUT2D eigenvalue weighted by molar-refractivity contribution is 5.41. The van der Waals surface area contributed by atoms with Crippen LogP contribution in [0.2, 0.25) is 0 Å². The first-order valence-corrected chi connectivity index (χ1v) is 4.06. The Morgan fingerprint density at radius 1 is 1.31 bits per heavy atom. The van der Waals surface area contributed by atoms with E-state index < -0.39 is 12.2 Å². The zero-order valence-electron chi connectivity index (χ0n) is 7.22. The molecule has 1 rings (SSSR count). The van der Waals surface area contributed by atoms with Gasteiger partial charge in [-0.25, -0.2) is 0 Å². The van der Waals surface area contributed by atoms with E-state index in [1.165, 1.54) is 0 Å². The van der Waals surface area contributed by atoms with E-state index in [1.54, 1.807) is 24.3 Å². The Bertz CT molecular complexity index is 278. The standard InChI is InChI=1S/C9H14N2O2/c10-5-8(12)9(13)6-2-1-3-7(11)4-6/h1-4,8-9,12-13H,5,10-11H2. The first-order valence-electron chi connectivity index (χ1n) is 4.06. The van der Waals surface area contributed by atoms with Crippen molar-refractivity contribution in [1.29, 1.82) is 0 Å². The van der Waals surface area contributed by atoms with Crippen molar-refractivity contribution < 1.29 is 10.2 Å². The molecule has 0 aliphatic heterocycles. The van der Waals surface area contributed by atoms with Crippen LogP contribution in [0.3, 0.4) is 0 Å². The molecular weight excluding hydrogens is 168 g/mol. The van der Waals surface area contributed by atoms with Gasteiger partial charge < -0.3 is 21.7 Å². The van der Waals surface area contributed by atoms with Crippen molar-refractivity contribution in [3.8, 4) is 0 Å². The highest BCUT2D eigenvalue weighted by atomic mass is 16.3. The van der Waals surface area contributed by atoms with Crippen LogP contribution in [0.15, 0.2) is 24.3 Å². The first-order chi connectivity index (χ1) is 6.15. The van der Waals surface area contributed by atoms with E-state index in [9.17, 15) is 10.2 Å². The van der Waals surface area contributed by atoms with Crippen molar-refractivity contribution in [1.82, 2.24) is 0 Å². The van der Waals surface area contributed by atoms with Gasteiger partial charge in [-0.2, -0.15) is 0 Å². The third kappa shape index (κ3) is 2.42. The van der Waals surface area contributed by atoms with E-state index in [0.29, 0.717) is 11.3 Å². The largest absolute Gasteiger partial charge is 0.399 e. The zero-order chi connectivity index (χ0) is 9.84. The maximum absolute atomic E-state index is 9.53. The van der Waals surface area contributed by atoms with Gasteiger partial charge in [0, 0.05) is 12.2 Å². The van der Waals surface area contributed by atoms with Gasteiger partial charge in [-0.3, -0.25) is 0 Å². The minimum Gasteiger partial charge on any atom is -0.399 e. The average molecular weight is 182 g/mol. The van der Waals surface area contributed by atoms with Crippen LogP contribution in [-0.2, 0) is 0 Å². The minimum atomic E-state index is -0.964. The lowest BCUT2D eigenvalue weighted by Gasteiger charge is -2.16. The first kappa shape index (κ1) is 9.98. The molecule has 0 aromatic heterocycles. The lowest BCUT2D eigenvalue weighted by Crippen LogP contribution is -2.27. The molecule has 13 heavy (non-hydrogen) atoms. The van der Waals surface area contributed by atoms with Gasteiger partial charge in [0.2, 0.25) is 0 Å². The number of nitrogen functional groups attached to an aromatic ring is 1. The van der Waals surface area contributed by atoms with Crippen LogP contribution >= 0.6 is 0 Å². The van der Waals surface area contributed by atoms with Crippen molar-refractivity contribution in [2.24, 2.45) is 5.73 Å². The van der Waals surface area contributed by atoms with Crippen LogP contribution in [0.25, 0.3) is 0 Å². The summed E-state index contributed by atoms with van der Waals surface area (Å²) >= 11 is 0. The van der Waals surface area contributed by atoms with Crippen LogP contribution in [0.5, 0.6) is 0 Å². The number of anilines is 1. The fraction of sp³-hybridized carbons (Fsp3) is 0.333. The Morgan fingerprint density at radius 3 is 2.54 bits per heavy atom. The van der Waals surface area contributed by atoms with Gasteiger partial charge in [0.1, 0.15) is 6.10 Å². The third-order valence-electron chi connectivity index (χ3n) is 1.86. The fourth-order valence-corrected chi connectivity index (χ4v) is 1.09. The van der Waals surface area contributed by atoms with E-state index in [0.717, 1.165) is 0 Å². The molecule has 2 unspecified atom stereocenters. The maximum atomic E-state index is 9.53. The lowest BCUT2D eigenvalue weighted by atomic mass is 10.0. The molecule has 0 radical (unpaired) electrons. The predicted octanol–water partition coefficient (Wildman–Crippen LogP) is -0.378. The molecule has 0 amide bonds. The third-order valence-corrected chi connectivity index (χ3v) is 1.86. The van der Waals surface area contributed by atoms with Crippen molar-refractivity contribution in [3.05, 3.63) is 29.8 Å². The highest BCUT2D eigenvalue weighted by Gasteiger charge is 2.16. The van der Waals surface area contributed by atoms with Crippen LogP contribution < -0.4 is 11.5 Å². The molecule has 0 spiro atoms. The van der Waals surface area contributed by atoms with Crippen LogP contribution in [0, 0.1) is 0 Å². The molecule has 2 atom stereocenters. The van der Waals surface area contributed by atoms with Crippen LogP contribution in [-0.4, -0.2) is 22.9 Å². The molecule has 0 aliphatic rings. The van der Waals surface area contributed by atoms with Gasteiger partial charge >= 0.3 is 0 Å². The number of benzene rings is 1. The summed E-state index contributed by atoms with van der Waals surface area (Å²) in [5, 5.41) is 18.8. The average Bonchev–Trinajstić information content (AvgIpc) is 2.15. The predicted molar refractivity (Wildman–Crippen MR) is 50.9 cm³/mol. The molecule has 0 saturated heterocycles. The topological polar surface area (TPSA) is 92.5 Å². The molecule has 0 fully saturated rings. The van der Waals surface area contributed by atoms with Gasteiger partial charge in [0.05, 0.1) is 6.10 Å². The van der Waals surface area contributed by atoms with E-state index in [4.69, 9.17) is 11.5 Å². The van der Waals surface area contributed by atoms with Crippen LogP contribution in [0.4, 0.5) is 5.69 Å². The molecule has 0 heterocycles. The molecule has 1 aromatic carbocycles. The van der Waals surface area contributed by atoms with Gasteiger partial charge in [0.25, 0.3) is 0 Å². The highest BCUT2D eigenvalue weighted by Crippen LogP contribution is 2.18. The molecule has 0 saturated carbocycles. The number of aliphatic hydroxyl groups is 2. The molecule has 1 aromatic rings. The SMILES string of the molecule is NCC(O)C(O)c1cccc(N)c1. The quantitative estimate of drug-likeness (QED) is 0.479. The summed E-state index contributed by atoms with van der Waals surface area (Å²) in [5.41, 5.74) is 11.9. The van der Waals surface area contributed by atoms with Crippen molar-refractivity contribution >= 4 is 5.69 Å². The summed E-state index contributed by atoms with van der Waals surface area (Å²) in [4.78, 5) is 0. The summed E-state index contributed by atoms with van der Waals surface area (Å²) in [6, 6.07) is 6.74. The van der Waals surface area contributed by atoms with Gasteiger partial charge in [-0.05, 0) is 17.7 Å². The van der Waals surface area contributed by atoms with E-state index in [2.05, 4.69) is 0 Å². The Kier molecular flexibility index (Phi) is 3.25. The Balaban J connectivity index is 2.82. The lowest BCUT2D eigenvalue weighted by molar-refractivity contribution is 0.0244. The Morgan fingerprint density at radius 2 is 2.00 bits per heavy atom. The molecular formula is C9H14N2O2. The number of nitrogens with two attached hydrogens (primary N) is 2. The van der Waals surface area contributed by atoms with Crippen LogP contribution in [0.1, 0.15) is 11.7 Å². The minimum absolute atomic E-state index is 0.0238. The number of hydrogen-bond donors (Lipinski definition) is 4. The van der Waals surface area contributed by atoms with E-state index in [1.807, 2.05) is 0 Å². The second-order valence-electron chi connectivity index (χ2n) is 2.92. The Labute approximate surface area is 76.8 Å². The fourth-order valence-electron chi connectivity index (χ4n) is 1.09. The van der Waals surface area contributed by atoms with Gasteiger partial charge in [-0.1, -0.05) is 12.1 Å². The monoisotopic (exact) mass is 182 g/mol. The maximum Gasteiger partial charge on any atom is 0.106 e. The molecule has 4 heteroatoms. The Hall–Kier alpha value is -1.10. The van der Waals surface area contributed by atoms with Crippen molar-refractivity contribution in [2.45, 2.75) is 12.2 Å². The van der Waals surface area contributed by atoms with E-state index >= 15 is 0 Å². The second kappa shape index (κ2) is 4.23. The summed E-state index contributed by atoms with van der Waals surface area (Å²) in [5.74, 6) is 0. The number of rotatable bonds is 3. The molecule has 4 nitrogen and oxygen atoms in total. The molecule has 72 valence electrons. The smallest absolute Gasteiger partial charge is 0.106 e. The summed E-state index contributed by atoms with van der Waals surface area (Å²) in [6.45, 7) is 0.0238.